The highest BCUT2D eigenvalue weighted by Gasteiger charge is 2.10. The first-order valence-electron chi connectivity index (χ1n) is 6.22. The van der Waals surface area contributed by atoms with E-state index in [2.05, 4.69) is 25.2 Å². The van der Waals surface area contributed by atoms with Crippen molar-refractivity contribution in [3.8, 4) is 0 Å². The van der Waals surface area contributed by atoms with Crippen molar-refractivity contribution in [3.63, 3.8) is 0 Å². The van der Waals surface area contributed by atoms with Crippen LogP contribution in [0, 0.1) is 6.92 Å². The molecular weight excluding hydrogens is 246 g/mol. The largest absolute Gasteiger partial charge is 0.468 e. The smallest absolute Gasteiger partial charge is 0.120 e. The summed E-state index contributed by atoms with van der Waals surface area (Å²) < 4.78 is 5.43. The second-order valence-electron chi connectivity index (χ2n) is 4.42. The molecule has 2 nitrogen and oxygen atoms in total. The SMILES string of the molecule is CCC(NCc1occc1C)c1cccc(Cl)c1. The van der Waals surface area contributed by atoms with Gasteiger partial charge in [-0.1, -0.05) is 30.7 Å². The normalized spacial score (nSPS) is 12.6. The Morgan fingerprint density at radius 3 is 2.78 bits per heavy atom. The van der Waals surface area contributed by atoms with Crippen LogP contribution in [-0.2, 0) is 6.54 Å². The van der Waals surface area contributed by atoms with Crippen molar-refractivity contribution in [2.24, 2.45) is 0 Å². The summed E-state index contributed by atoms with van der Waals surface area (Å²) in [7, 11) is 0. The van der Waals surface area contributed by atoms with Crippen LogP contribution in [0.25, 0.3) is 0 Å². The minimum atomic E-state index is 0.299. The Balaban J connectivity index is 2.04. The third-order valence-corrected chi connectivity index (χ3v) is 3.37. The van der Waals surface area contributed by atoms with Gasteiger partial charge >= 0.3 is 0 Å². The average Bonchev–Trinajstić information content (AvgIpc) is 2.76. The zero-order valence-corrected chi connectivity index (χ0v) is 11.5. The molecule has 0 aliphatic carbocycles. The molecular formula is C15H18ClNO. The van der Waals surface area contributed by atoms with Crippen LogP contribution < -0.4 is 5.32 Å². The fourth-order valence-electron chi connectivity index (χ4n) is 2.02. The zero-order valence-electron chi connectivity index (χ0n) is 10.7. The highest BCUT2D eigenvalue weighted by molar-refractivity contribution is 6.30. The summed E-state index contributed by atoms with van der Waals surface area (Å²) >= 11 is 6.02. The molecule has 0 spiro atoms. The molecule has 1 atom stereocenters. The van der Waals surface area contributed by atoms with Gasteiger partial charge in [-0.25, -0.2) is 0 Å². The van der Waals surface area contributed by atoms with Crippen molar-refractivity contribution in [2.75, 3.05) is 0 Å². The molecule has 0 saturated heterocycles. The number of nitrogens with one attached hydrogen (secondary N) is 1. The maximum Gasteiger partial charge on any atom is 0.120 e. The molecule has 3 heteroatoms. The molecule has 18 heavy (non-hydrogen) atoms. The van der Waals surface area contributed by atoms with Crippen molar-refractivity contribution in [3.05, 3.63) is 58.5 Å². The lowest BCUT2D eigenvalue weighted by Gasteiger charge is -2.17. The first kappa shape index (κ1) is 13.2. The van der Waals surface area contributed by atoms with Gasteiger partial charge in [0.1, 0.15) is 5.76 Å². The van der Waals surface area contributed by atoms with Crippen LogP contribution in [0.3, 0.4) is 0 Å². The molecule has 2 aromatic rings. The molecule has 0 aliphatic rings. The molecule has 0 aliphatic heterocycles. The van der Waals surface area contributed by atoms with E-state index in [0.717, 1.165) is 23.7 Å². The minimum Gasteiger partial charge on any atom is -0.468 e. The first-order chi connectivity index (χ1) is 8.70. The summed E-state index contributed by atoms with van der Waals surface area (Å²) in [6, 6.07) is 10.3. The van der Waals surface area contributed by atoms with Crippen LogP contribution in [0.1, 0.15) is 36.3 Å². The Hall–Kier alpha value is -1.25. The van der Waals surface area contributed by atoms with E-state index in [-0.39, 0.29) is 0 Å². The fourth-order valence-corrected chi connectivity index (χ4v) is 2.22. The van der Waals surface area contributed by atoms with Gasteiger partial charge in [0.25, 0.3) is 0 Å². The summed E-state index contributed by atoms with van der Waals surface area (Å²) in [6.45, 7) is 4.96. The van der Waals surface area contributed by atoms with Crippen LogP contribution in [-0.4, -0.2) is 0 Å². The standard InChI is InChI=1S/C15H18ClNO/c1-3-14(12-5-4-6-13(16)9-12)17-10-15-11(2)7-8-18-15/h4-9,14,17H,3,10H2,1-2H3. The molecule has 0 radical (unpaired) electrons. The summed E-state index contributed by atoms with van der Waals surface area (Å²) in [4.78, 5) is 0. The van der Waals surface area contributed by atoms with Gasteiger partial charge in [-0.15, -0.1) is 0 Å². The van der Waals surface area contributed by atoms with Crippen LogP contribution >= 0.6 is 11.6 Å². The fraction of sp³-hybridized carbons (Fsp3) is 0.333. The van der Waals surface area contributed by atoms with E-state index < -0.39 is 0 Å². The monoisotopic (exact) mass is 263 g/mol. The van der Waals surface area contributed by atoms with Gasteiger partial charge < -0.3 is 9.73 Å². The average molecular weight is 264 g/mol. The maximum absolute atomic E-state index is 6.02. The van der Waals surface area contributed by atoms with Gasteiger partial charge in [0.2, 0.25) is 0 Å². The number of hydrogen-bond donors (Lipinski definition) is 1. The van der Waals surface area contributed by atoms with Gasteiger partial charge in [0.15, 0.2) is 0 Å². The summed E-state index contributed by atoms with van der Waals surface area (Å²) in [5, 5.41) is 4.28. The second-order valence-corrected chi connectivity index (χ2v) is 4.86. The molecule has 1 aromatic carbocycles. The van der Waals surface area contributed by atoms with Crippen molar-refractivity contribution in [2.45, 2.75) is 32.9 Å². The van der Waals surface area contributed by atoms with Gasteiger partial charge in [-0.05, 0) is 42.7 Å². The van der Waals surface area contributed by atoms with E-state index in [1.807, 2.05) is 24.3 Å². The summed E-state index contributed by atoms with van der Waals surface area (Å²) in [5.41, 5.74) is 2.40. The molecule has 96 valence electrons. The lowest BCUT2D eigenvalue weighted by Crippen LogP contribution is -2.20. The van der Waals surface area contributed by atoms with Crippen molar-refractivity contribution < 1.29 is 4.42 Å². The lowest BCUT2D eigenvalue weighted by atomic mass is 10.0. The summed E-state index contributed by atoms with van der Waals surface area (Å²) in [6.07, 6.45) is 2.74. The number of benzene rings is 1. The molecule has 1 heterocycles. The third-order valence-electron chi connectivity index (χ3n) is 3.14. The van der Waals surface area contributed by atoms with Crippen molar-refractivity contribution in [1.82, 2.24) is 5.32 Å². The molecule has 0 fully saturated rings. The number of hydrogen-bond acceptors (Lipinski definition) is 2. The molecule has 1 aromatic heterocycles. The number of halogens is 1. The molecule has 2 rings (SSSR count). The topological polar surface area (TPSA) is 25.2 Å². The zero-order chi connectivity index (χ0) is 13.0. The Morgan fingerprint density at radius 1 is 1.33 bits per heavy atom. The number of furan rings is 1. The van der Waals surface area contributed by atoms with Crippen LogP contribution in [0.4, 0.5) is 0 Å². The van der Waals surface area contributed by atoms with E-state index in [9.17, 15) is 0 Å². The lowest BCUT2D eigenvalue weighted by molar-refractivity contribution is 0.441. The predicted molar refractivity (Wildman–Crippen MR) is 74.8 cm³/mol. The van der Waals surface area contributed by atoms with Gasteiger partial charge in [-0.2, -0.15) is 0 Å². The van der Waals surface area contributed by atoms with Gasteiger partial charge in [0.05, 0.1) is 12.8 Å². The van der Waals surface area contributed by atoms with E-state index in [0.29, 0.717) is 6.04 Å². The van der Waals surface area contributed by atoms with Crippen molar-refractivity contribution >= 4 is 11.6 Å². The minimum absolute atomic E-state index is 0.299. The van der Waals surface area contributed by atoms with E-state index in [1.165, 1.54) is 11.1 Å². The second kappa shape index (κ2) is 6.07. The Bertz CT molecular complexity index is 507. The van der Waals surface area contributed by atoms with Crippen LogP contribution in [0.2, 0.25) is 5.02 Å². The molecule has 0 saturated carbocycles. The third kappa shape index (κ3) is 3.15. The Morgan fingerprint density at radius 2 is 2.17 bits per heavy atom. The van der Waals surface area contributed by atoms with Crippen molar-refractivity contribution in [1.29, 1.82) is 0 Å². The van der Waals surface area contributed by atoms with E-state index >= 15 is 0 Å². The predicted octanol–water partition coefficient (Wildman–Crippen LogP) is 4.48. The summed E-state index contributed by atoms with van der Waals surface area (Å²) in [5.74, 6) is 0.996. The highest BCUT2D eigenvalue weighted by atomic mass is 35.5. The first-order valence-corrected chi connectivity index (χ1v) is 6.60. The molecule has 1 unspecified atom stereocenters. The quantitative estimate of drug-likeness (QED) is 0.860. The number of aryl methyl sites for hydroxylation is 1. The Kier molecular flexibility index (Phi) is 4.45. The number of rotatable bonds is 5. The Labute approximate surface area is 113 Å². The highest BCUT2D eigenvalue weighted by Crippen LogP contribution is 2.21. The van der Waals surface area contributed by atoms with Gasteiger partial charge in [-0.3, -0.25) is 0 Å². The molecule has 1 N–H and O–H groups in total. The van der Waals surface area contributed by atoms with Gasteiger partial charge in [0, 0.05) is 11.1 Å². The molecule has 0 bridgehead atoms. The van der Waals surface area contributed by atoms with Crippen LogP contribution in [0.5, 0.6) is 0 Å². The van der Waals surface area contributed by atoms with E-state index in [4.69, 9.17) is 16.0 Å². The molecule has 0 amide bonds. The van der Waals surface area contributed by atoms with E-state index in [1.54, 1.807) is 6.26 Å². The van der Waals surface area contributed by atoms with Crippen LogP contribution in [0.15, 0.2) is 41.0 Å². The maximum atomic E-state index is 6.02.